The maximum Gasteiger partial charge on any atom is 0.224 e. The van der Waals surface area contributed by atoms with Gasteiger partial charge in [-0.15, -0.1) is 0 Å². The first-order valence-electron chi connectivity index (χ1n) is 6.44. The molecular weight excluding hydrogens is 204 g/mol. The van der Waals surface area contributed by atoms with Gasteiger partial charge in [0.05, 0.1) is 12.0 Å². The maximum atomic E-state index is 11.8. The molecule has 0 aromatic heterocycles. The average molecular weight is 226 g/mol. The van der Waals surface area contributed by atoms with E-state index < -0.39 is 0 Å². The molecule has 3 unspecified atom stereocenters. The standard InChI is InChI=1S/C12H22N2O2/c15-11-4-2-1-3-9(11)8-14-12(16)10-5-6-13-7-10/h9-11,13,15H,1-8H2,(H,14,16). The van der Waals surface area contributed by atoms with E-state index in [1.807, 2.05) is 0 Å². The fourth-order valence-electron chi connectivity index (χ4n) is 2.68. The van der Waals surface area contributed by atoms with Crippen molar-refractivity contribution in [1.82, 2.24) is 10.6 Å². The molecule has 1 saturated carbocycles. The smallest absolute Gasteiger partial charge is 0.224 e. The fourth-order valence-corrected chi connectivity index (χ4v) is 2.68. The SMILES string of the molecule is O=C(NCC1CCCCC1O)C1CCNC1. The van der Waals surface area contributed by atoms with Crippen LogP contribution in [0, 0.1) is 11.8 Å². The highest BCUT2D eigenvalue weighted by Crippen LogP contribution is 2.23. The van der Waals surface area contributed by atoms with Crippen LogP contribution in [0.5, 0.6) is 0 Å². The van der Waals surface area contributed by atoms with E-state index in [2.05, 4.69) is 10.6 Å². The van der Waals surface area contributed by atoms with Crippen molar-refractivity contribution in [2.75, 3.05) is 19.6 Å². The average Bonchev–Trinajstić information content (AvgIpc) is 2.81. The molecule has 3 atom stereocenters. The third-order valence-electron chi connectivity index (χ3n) is 3.84. The number of carbonyl (C=O) groups is 1. The van der Waals surface area contributed by atoms with Crippen molar-refractivity contribution in [2.45, 2.75) is 38.2 Å². The summed E-state index contributed by atoms with van der Waals surface area (Å²) < 4.78 is 0. The van der Waals surface area contributed by atoms with Crippen molar-refractivity contribution < 1.29 is 9.90 Å². The minimum absolute atomic E-state index is 0.140. The molecule has 1 aliphatic carbocycles. The van der Waals surface area contributed by atoms with Crippen molar-refractivity contribution in [3.05, 3.63) is 0 Å². The highest BCUT2D eigenvalue weighted by molar-refractivity contribution is 5.79. The van der Waals surface area contributed by atoms with E-state index in [9.17, 15) is 9.90 Å². The molecular formula is C12H22N2O2. The van der Waals surface area contributed by atoms with Crippen LogP contribution in [-0.4, -0.2) is 36.8 Å². The fraction of sp³-hybridized carbons (Fsp3) is 0.917. The van der Waals surface area contributed by atoms with Gasteiger partial charge in [0, 0.05) is 19.0 Å². The number of hydrogen-bond donors (Lipinski definition) is 3. The van der Waals surface area contributed by atoms with E-state index in [0.29, 0.717) is 6.54 Å². The Balaban J connectivity index is 1.71. The third kappa shape index (κ3) is 2.95. The van der Waals surface area contributed by atoms with Crippen LogP contribution >= 0.6 is 0 Å². The number of aliphatic hydroxyl groups is 1. The minimum atomic E-state index is -0.212. The molecule has 4 nitrogen and oxygen atoms in total. The Morgan fingerprint density at radius 3 is 2.81 bits per heavy atom. The number of rotatable bonds is 3. The molecule has 2 aliphatic rings. The lowest BCUT2D eigenvalue weighted by Crippen LogP contribution is -2.39. The molecule has 4 heteroatoms. The molecule has 2 rings (SSSR count). The van der Waals surface area contributed by atoms with E-state index >= 15 is 0 Å². The first kappa shape index (κ1) is 11.9. The van der Waals surface area contributed by atoms with Gasteiger partial charge in [-0.05, 0) is 25.8 Å². The first-order chi connectivity index (χ1) is 7.77. The largest absolute Gasteiger partial charge is 0.393 e. The molecule has 16 heavy (non-hydrogen) atoms. The van der Waals surface area contributed by atoms with Gasteiger partial charge in [-0.1, -0.05) is 12.8 Å². The number of nitrogens with one attached hydrogen (secondary N) is 2. The second kappa shape index (κ2) is 5.64. The lowest BCUT2D eigenvalue weighted by Gasteiger charge is -2.28. The molecule has 0 aromatic carbocycles. The number of hydrogen-bond acceptors (Lipinski definition) is 3. The molecule has 1 saturated heterocycles. The molecule has 3 N–H and O–H groups in total. The molecule has 1 aliphatic heterocycles. The first-order valence-corrected chi connectivity index (χ1v) is 6.44. The van der Waals surface area contributed by atoms with Gasteiger partial charge in [0.15, 0.2) is 0 Å². The number of carbonyl (C=O) groups excluding carboxylic acids is 1. The normalized spacial score (nSPS) is 34.9. The van der Waals surface area contributed by atoms with Crippen LogP contribution in [0.2, 0.25) is 0 Å². The highest BCUT2D eigenvalue weighted by Gasteiger charge is 2.26. The Hall–Kier alpha value is -0.610. The molecule has 1 heterocycles. The van der Waals surface area contributed by atoms with Crippen molar-refractivity contribution >= 4 is 5.91 Å². The molecule has 0 bridgehead atoms. The summed E-state index contributed by atoms with van der Waals surface area (Å²) >= 11 is 0. The van der Waals surface area contributed by atoms with Gasteiger partial charge < -0.3 is 15.7 Å². The maximum absolute atomic E-state index is 11.8. The summed E-state index contributed by atoms with van der Waals surface area (Å²) in [7, 11) is 0. The molecule has 1 amide bonds. The van der Waals surface area contributed by atoms with Gasteiger partial charge in [0.1, 0.15) is 0 Å². The summed E-state index contributed by atoms with van der Waals surface area (Å²) in [5, 5.41) is 16.0. The summed E-state index contributed by atoms with van der Waals surface area (Å²) in [6, 6.07) is 0. The van der Waals surface area contributed by atoms with E-state index in [1.54, 1.807) is 0 Å². The van der Waals surface area contributed by atoms with Gasteiger partial charge >= 0.3 is 0 Å². The summed E-state index contributed by atoms with van der Waals surface area (Å²) in [5.41, 5.74) is 0. The lowest BCUT2D eigenvalue weighted by molar-refractivity contribution is -0.124. The van der Waals surface area contributed by atoms with Crippen LogP contribution in [0.25, 0.3) is 0 Å². The number of aliphatic hydroxyl groups excluding tert-OH is 1. The van der Waals surface area contributed by atoms with Crippen molar-refractivity contribution in [3.8, 4) is 0 Å². The molecule has 2 fully saturated rings. The highest BCUT2D eigenvalue weighted by atomic mass is 16.3. The molecule has 0 radical (unpaired) electrons. The summed E-state index contributed by atoms with van der Waals surface area (Å²) in [4.78, 5) is 11.8. The Morgan fingerprint density at radius 1 is 1.31 bits per heavy atom. The van der Waals surface area contributed by atoms with Gasteiger partial charge in [-0.25, -0.2) is 0 Å². The monoisotopic (exact) mass is 226 g/mol. The van der Waals surface area contributed by atoms with Crippen LogP contribution < -0.4 is 10.6 Å². The molecule has 0 spiro atoms. The van der Waals surface area contributed by atoms with Gasteiger partial charge in [-0.2, -0.15) is 0 Å². The van der Waals surface area contributed by atoms with Gasteiger partial charge in [-0.3, -0.25) is 4.79 Å². The van der Waals surface area contributed by atoms with Crippen molar-refractivity contribution in [1.29, 1.82) is 0 Å². The lowest BCUT2D eigenvalue weighted by atomic mass is 9.86. The minimum Gasteiger partial charge on any atom is -0.393 e. The predicted octanol–water partition coefficient (Wildman–Crippen LogP) is 0.263. The second-order valence-electron chi connectivity index (χ2n) is 5.05. The molecule has 92 valence electrons. The van der Waals surface area contributed by atoms with E-state index in [1.165, 1.54) is 6.42 Å². The zero-order valence-corrected chi connectivity index (χ0v) is 9.74. The number of amides is 1. The van der Waals surface area contributed by atoms with Crippen molar-refractivity contribution in [3.63, 3.8) is 0 Å². The zero-order chi connectivity index (χ0) is 11.4. The van der Waals surface area contributed by atoms with E-state index in [-0.39, 0.29) is 23.8 Å². The zero-order valence-electron chi connectivity index (χ0n) is 9.74. The van der Waals surface area contributed by atoms with E-state index in [0.717, 1.165) is 38.8 Å². The van der Waals surface area contributed by atoms with Crippen LogP contribution in [0.1, 0.15) is 32.1 Å². The Bertz CT molecular complexity index is 239. The predicted molar refractivity (Wildman–Crippen MR) is 62.0 cm³/mol. The van der Waals surface area contributed by atoms with Gasteiger partial charge in [0.2, 0.25) is 5.91 Å². The summed E-state index contributed by atoms with van der Waals surface area (Å²) in [6.45, 7) is 2.40. The van der Waals surface area contributed by atoms with Crippen LogP contribution in [0.3, 0.4) is 0 Å². The van der Waals surface area contributed by atoms with Crippen LogP contribution in [0.15, 0.2) is 0 Å². The second-order valence-corrected chi connectivity index (χ2v) is 5.05. The Labute approximate surface area is 96.8 Å². The topological polar surface area (TPSA) is 61.4 Å². The Kier molecular flexibility index (Phi) is 4.18. The van der Waals surface area contributed by atoms with Crippen LogP contribution in [0.4, 0.5) is 0 Å². The Morgan fingerprint density at radius 2 is 2.12 bits per heavy atom. The van der Waals surface area contributed by atoms with E-state index in [4.69, 9.17) is 0 Å². The quantitative estimate of drug-likeness (QED) is 0.647. The van der Waals surface area contributed by atoms with Gasteiger partial charge in [0.25, 0.3) is 0 Å². The summed E-state index contributed by atoms with van der Waals surface area (Å²) in [6.07, 6.45) is 4.98. The van der Waals surface area contributed by atoms with Crippen LogP contribution in [-0.2, 0) is 4.79 Å². The summed E-state index contributed by atoms with van der Waals surface area (Å²) in [5.74, 6) is 0.565. The van der Waals surface area contributed by atoms with Crippen molar-refractivity contribution in [2.24, 2.45) is 11.8 Å². The third-order valence-corrected chi connectivity index (χ3v) is 3.84. The molecule has 0 aromatic rings.